The summed E-state index contributed by atoms with van der Waals surface area (Å²) in [6, 6.07) is 0. The Morgan fingerprint density at radius 3 is 2.56 bits per heavy atom. The third-order valence-electron chi connectivity index (χ3n) is 0.818. The van der Waals surface area contributed by atoms with Crippen molar-refractivity contribution in [2.24, 2.45) is 0 Å². The summed E-state index contributed by atoms with van der Waals surface area (Å²) in [5.41, 5.74) is 0.144. The van der Waals surface area contributed by atoms with Crippen LogP contribution in [0.3, 0.4) is 0 Å². The first kappa shape index (κ1) is 6.47. The Kier molecular flexibility index (Phi) is 1.65. The summed E-state index contributed by atoms with van der Waals surface area (Å²) in [6.45, 7) is 0. The minimum atomic E-state index is -1.57. The Morgan fingerprint density at radius 1 is 1.67 bits per heavy atom. The lowest BCUT2D eigenvalue weighted by Gasteiger charge is -1.94. The van der Waals surface area contributed by atoms with Crippen LogP contribution in [0.5, 0.6) is 0 Å². The molecule has 0 radical (unpaired) electrons. The van der Waals surface area contributed by atoms with Crippen molar-refractivity contribution in [2.45, 2.75) is 6.29 Å². The van der Waals surface area contributed by atoms with E-state index in [2.05, 4.69) is 4.98 Å². The molecule has 1 rings (SSSR count). The highest BCUT2D eigenvalue weighted by Crippen LogP contribution is 2.04. The molecule has 0 aromatic carbocycles. The first-order valence-electron chi connectivity index (χ1n) is 2.24. The second-order valence-electron chi connectivity index (χ2n) is 1.48. The predicted octanol–water partition coefficient (Wildman–Crippen LogP) is -0.580. The number of aromatic amines is 1. The summed E-state index contributed by atoms with van der Waals surface area (Å²) in [7, 11) is 0. The number of hydrogen-bond donors (Lipinski definition) is 3. The highest BCUT2D eigenvalue weighted by atomic mass is 32.1. The van der Waals surface area contributed by atoms with Crippen LogP contribution in [0, 0.1) is 0 Å². The van der Waals surface area contributed by atoms with Gasteiger partial charge in [-0.25, -0.2) is 0 Å². The summed E-state index contributed by atoms with van der Waals surface area (Å²) in [5, 5.41) is 18.2. The highest BCUT2D eigenvalue weighted by Gasteiger charge is 2.02. The van der Waals surface area contributed by atoms with E-state index in [9.17, 15) is 4.79 Å². The van der Waals surface area contributed by atoms with Crippen LogP contribution in [-0.4, -0.2) is 15.2 Å². The average molecular weight is 147 g/mol. The molecule has 50 valence electrons. The summed E-state index contributed by atoms with van der Waals surface area (Å²) >= 11 is 0.902. The van der Waals surface area contributed by atoms with Crippen molar-refractivity contribution in [3.63, 3.8) is 0 Å². The first-order valence-corrected chi connectivity index (χ1v) is 3.12. The van der Waals surface area contributed by atoms with Crippen LogP contribution in [0.25, 0.3) is 0 Å². The number of aromatic nitrogens is 1. The molecule has 0 spiro atoms. The van der Waals surface area contributed by atoms with Gasteiger partial charge in [0, 0.05) is 5.38 Å². The number of rotatable bonds is 1. The number of hydrogen-bond acceptors (Lipinski definition) is 4. The van der Waals surface area contributed by atoms with Crippen molar-refractivity contribution in [1.29, 1.82) is 0 Å². The molecule has 0 aliphatic carbocycles. The van der Waals surface area contributed by atoms with Gasteiger partial charge in [0.2, 0.25) is 0 Å². The standard InChI is InChI=1S/C4H5NO3S/c6-3(7)2-1-9-4(8)5-2/h1,3,6-7H,(H,5,8). The lowest BCUT2D eigenvalue weighted by molar-refractivity contribution is -0.0454. The van der Waals surface area contributed by atoms with E-state index in [1.54, 1.807) is 0 Å². The van der Waals surface area contributed by atoms with Crippen molar-refractivity contribution in [2.75, 3.05) is 0 Å². The molecule has 1 heterocycles. The quantitative estimate of drug-likeness (QED) is 0.465. The third kappa shape index (κ3) is 1.38. The van der Waals surface area contributed by atoms with Crippen LogP contribution in [0.4, 0.5) is 0 Å². The van der Waals surface area contributed by atoms with Gasteiger partial charge < -0.3 is 15.2 Å². The normalized spacial score (nSPS) is 10.6. The zero-order valence-electron chi connectivity index (χ0n) is 4.37. The van der Waals surface area contributed by atoms with Crippen LogP contribution in [0.1, 0.15) is 12.0 Å². The Bertz CT molecular complexity index is 238. The molecule has 0 fully saturated rings. The fraction of sp³-hybridized carbons (Fsp3) is 0.250. The van der Waals surface area contributed by atoms with Crippen molar-refractivity contribution in [3.8, 4) is 0 Å². The van der Waals surface area contributed by atoms with Crippen LogP contribution < -0.4 is 4.87 Å². The fourth-order valence-corrected chi connectivity index (χ4v) is 1.01. The second-order valence-corrected chi connectivity index (χ2v) is 2.32. The molecule has 0 amide bonds. The summed E-state index contributed by atoms with van der Waals surface area (Å²) < 4.78 is 0. The summed E-state index contributed by atoms with van der Waals surface area (Å²) in [4.78, 5) is 12.3. The molecule has 0 saturated carbocycles. The molecular weight excluding hydrogens is 142 g/mol. The molecule has 1 aromatic heterocycles. The number of thiazole rings is 1. The van der Waals surface area contributed by atoms with Gasteiger partial charge in [0.15, 0.2) is 6.29 Å². The highest BCUT2D eigenvalue weighted by molar-refractivity contribution is 7.07. The molecule has 3 N–H and O–H groups in total. The molecule has 0 unspecified atom stereocenters. The molecule has 5 heteroatoms. The van der Waals surface area contributed by atoms with Crippen LogP contribution >= 0.6 is 11.3 Å². The lowest BCUT2D eigenvalue weighted by Crippen LogP contribution is -1.99. The van der Waals surface area contributed by atoms with Gasteiger partial charge in [-0.2, -0.15) is 0 Å². The summed E-state index contributed by atoms with van der Waals surface area (Å²) in [5.74, 6) is 0. The van der Waals surface area contributed by atoms with Gasteiger partial charge in [0.05, 0.1) is 5.69 Å². The molecule has 1 aromatic rings. The SMILES string of the molecule is O=c1[nH]c(C(O)O)cs1. The monoisotopic (exact) mass is 147 g/mol. The first-order chi connectivity index (χ1) is 4.20. The summed E-state index contributed by atoms with van der Waals surface area (Å²) in [6.07, 6.45) is -1.57. The maximum atomic E-state index is 10.3. The van der Waals surface area contributed by atoms with E-state index in [0.717, 1.165) is 11.3 Å². The molecule has 0 aliphatic heterocycles. The average Bonchev–Trinajstić information content (AvgIpc) is 2.14. The van der Waals surface area contributed by atoms with Crippen molar-refractivity contribution in [1.82, 2.24) is 4.98 Å². The topological polar surface area (TPSA) is 73.3 Å². The van der Waals surface area contributed by atoms with Gasteiger partial charge in [-0.05, 0) is 0 Å². The third-order valence-corrected chi connectivity index (χ3v) is 1.51. The smallest absolute Gasteiger partial charge is 0.304 e. The van der Waals surface area contributed by atoms with E-state index in [-0.39, 0.29) is 10.6 Å². The Balaban J connectivity index is 2.98. The second kappa shape index (κ2) is 2.30. The minimum absolute atomic E-state index is 0.144. The lowest BCUT2D eigenvalue weighted by atomic mass is 10.5. The number of aliphatic hydroxyl groups excluding tert-OH is 1. The van der Waals surface area contributed by atoms with Crippen molar-refractivity contribution >= 4 is 11.3 Å². The number of aliphatic hydroxyl groups is 2. The molecule has 4 nitrogen and oxygen atoms in total. The zero-order chi connectivity index (χ0) is 6.85. The van der Waals surface area contributed by atoms with Crippen LogP contribution in [0.2, 0.25) is 0 Å². The van der Waals surface area contributed by atoms with Gasteiger partial charge in [-0.15, -0.1) is 0 Å². The molecule has 0 saturated heterocycles. The Labute approximate surface area is 54.4 Å². The largest absolute Gasteiger partial charge is 0.363 e. The van der Waals surface area contributed by atoms with Gasteiger partial charge >= 0.3 is 4.87 Å². The molecule has 0 aliphatic rings. The number of nitrogens with one attached hydrogen (secondary N) is 1. The Hall–Kier alpha value is -0.650. The van der Waals surface area contributed by atoms with E-state index in [1.807, 2.05) is 0 Å². The minimum Gasteiger partial charge on any atom is -0.363 e. The Morgan fingerprint density at radius 2 is 2.33 bits per heavy atom. The molecular formula is C4H5NO3S. The van der Waals surface area contributed by atoms with Gasteiger partial charge in [-0.3, -0.25) is 4.79 Å². The number of H-pyrrole nitrogens is 1. The van der Waals surface area contributed by atoms with Gasteiger partial charge in [-0.1, -0.05) is 11.3 Å². The van der Waals surface area contributed by atoms with Crippen LogP contribution in [-0.2, 0) is 0 Å². The molecule has 0 atom stereocenters. The van der Waals surface area contributed by atoms with Crippen molar-refractivity contribution < 1.29 is 10.2 Å². The predicted molar refractivity (Wildman–Crippen MR) is 32.1 cm³/mol. The van der Waals surface area contributed by atoms with Gasteiger partial charge in [0.1, 0.15) is 0 Å². The van der Waals surface area contributed by atoms with E-state index < -0.39 is 6.29 Å². The van der Waals surface area contributed by atoms with E-state index >= 15 is 0 Å². The van der Waals surface area contributed by atoms with E-state index in [4.69, 9.17) is 10.2 Å². The fourth-order valence-electron chi connectivity index (χ4n) is 0.419. The van der Waals surface area contributed by atoms with Crippen molar-refractivity contribution in [3.05, 3.63) is 20.7 Å². The van der Waals surface area contributed by atoms with E-state index in [0.29, 0.717) is 0 Å². The van der Waals surface area contributed by atoms with E-state index in [1.165, 1.54) is 5.38 Å². The molecule has 0 bridgehead atoms. The maximum Gasteiger partial charge on any atom is 0.304 e. The zero-order valence-corrected chi connectivity index (χ0v) is 5.18. The molecule has 9 heavy (non-hydrogen) atoms. The van der Waals surface area contributed by atoms with Gasteiger partial charge in [0.25, 0.3) is 0 Å². The maximum absolute atomic E-state index is 10.3. The van der Waals surface area contributed by atoms with Crippen LogP contribution in [0.15, 0.2) is 10.2 Å².